The van der Waals surface area contributed by atoms with Crippen LogP contribution in [-0.4, -0.2) is 151 Å². The van der Waals surface area contributed by atoms with E-state index in [0.29, 0.717) is 25.7 Å². The van der Waals surface area contributed by atoms with Crippen molar-refractivity contribution in [2.24, 2.45) is 50.7 Å². The third-order valence-corrected chi connectivity index (χ3v) is 16.6. The van der Waals surface area contributed by atoms with Crippen molar-refractivity contribution in [3.8, 4) is 0 Å². The molecule has 2 saturated heterocycles. The lowest BCUT2D eigenvalue weighted by molar-refractivity contribution is -0.368. The molecule has 0 amide bonds. The van der Waals surface area contributed by atoms with Crippen LogP contribution in [0.1, 0.15) is 92.9 Å². The average molecular weight is 785 g/mol. The van der Waals surface area contributed by atoms with E-state index in [1.54, 1.807) is 6.92 Å². The van der Waals surface area contributed by atoms with Gasteiger partial charge in [0, 0.05) is 10.8 Å². The largest absolute Gasteiger partial charge is 0.396 e. The van der Waals surface area contributed by atoms with Gasteiger partial charge in [-0.05, 0) is 98.2 Å². The van der Waals surface area contributed by atoms with Crippen LogP contribution in [0.5, 0.6) is 0 Å². The molecular weight excluding hydrogens is 716 g/mol. The summed E-state index contributed by atoms with van der Waals surface area (Å²) in [7, 11) is 0. The highest BCUT2D eigenvalue weighted by Crippen LogP contribution is 2.72. The van der Waals surface area contributed by atoms with Gasteiger partial charge in [-0.15, -0.1) is 0 Å². The molecule has 7 aliphatic rings. The molecule has 7 rings (SSSR count). The molecule has 5 aliphatic carbocycles. The fourth-order valence-corrected chi connectivity index (χ4v) is 13.5. The van der Waals surface area contributed by atoms with Crippen LogP contribution in [0.4, 0.5) is 0 Å². The molecule has 0 aromatic rings. The van der Waals surface area contributed by atoms with Gasteiger partial charge in [0.05, 0.1) is 44.2 Å². The number of ether oxygens (including phenoxy) is 4. The van der Waals surface area contributed by atoms with Crippen molar-refractivity contribution in [2.45, 2.75) is 173 Å². The van der Waals surface area contributed by atoms with E-state index in [1.807, 2.05) is 6.92 Å². The van der Waals surface area contributed by atoms with Crippen molar-refractivity contribution in [2.75, 3.05) is 19.8 Å². The maximum atomic E-state index is 12.4. The smallest absolute Gasteiger partial charge is 0.187 e. The standard InChI is InChI=1S/C41H68O14/c1-19-28(47)33(55-35-31(50)30(49)29(48)24(16-42)53-35)32(51)36(52-19)54-27-8-10-39(5)25(40(27,6)17-43)7-9-38(4)21-14-26(46)41(18-44)12-11-37(2,3)15-22(41)20(21)13-23(45)34(38)39/h15,19-21,23-36,42-51H,7-14,16-18H2,1-6H3/t19-,20?,21?,23?,24-,25?,26+,27+,28+,29-,30+,31-,32-,33+,34?,35+,36+,38+,39+,40+,41-/m1/s1. The number of allylic oxidation sites excluding steroid dienone is 1. The summed E-state index contributed by atoms with van der Waals surface area (Å²) >= 11 is 0. The van der Waals surface area contributed by atoms with Crippen molar-refractivity contribution in [3.63, 3.8) is 0 Å². The van der Waals surface area contributed by atoms with Gasteiger partial charge in [-0.3, -0.25) is 0 Å². The minimum Gasteiger partial charge on any atom is -0.396 e. The lowest BCUT2D eigenvalue weighted by Gasteiger charge is -2.70. The van der Waals surface area contributed by atoms with Crippen LogP contribution in [0.15, 0.2) is 11.6 Å². The van der Waals surface area contributed by atoms with Gasteiger partial charge in [0.15, 0.2) is 12.6 Å². The van der Waals surface area contributed by atoms with E-state index in [4.69, 9.17) is 18.9 Å². The second-order valence-electron chi connectivity index (χ2n) is 20.1. The molecule has 10 N–H and O–H groups in total. The van der Waals surface area contributed by atoms with E-state index < -0.39 is 103 Å². The monoisotopic (exact) mass is 784 g/mol. The lowest BCUT2D eigenvalue weighted by Crippen LogP contribution is -2.69. The summed E-state index contributed by atoms with van der Waals surface area (Å²) in [5.41, 5.74) is -1.17. The highest BCUT2D eigenvalue weighted by molar-refractivity contribution is 5.33. The zero-order valence-corrected chi connectivity index (χ0v) is 33.3. The summed E-state index contributed by atoms with van der Waals surface area (Å²) in [6.07, 6.45) is -8.76. The molecule has 0 radical (unpaired) electrons. The van der Waals surface area contributed by atoms with Crippen LogP contribution >= 0.6 is 0 Å². The Morgan fingerprint density at radius 1 is 0.709 bits per heavy atom. The number of hydrogen-bond acceptors (Lipinski definition) is 14. The van der Waals surface area contributed by atoms with E-state index in [9.17, 15) is 51.1 Å². The predicted molar refractivity (Wildman–Crippen MR) is 196 cm³/mol. The first-order chi connectivity index (χ1) is 25.7. The number of fused-ring (bicyclic) bond motifs is 7. The Morgan fingerprint density at radius 3 is 2.04 bits per heavy atom. The molecule has 0 aromatic carbocycles. The quantitative estimate of drug-likeness (QED) is 0.124. The normalized spacial score (nSPS) is 56.4. The van der Waals surface area contributed by atoms with Gasteiger partial charge in [-0.1, -0.05) is 46.3 Å². The third-order valence-electron chi connectivity index (χ3n) is 16.6. The van der Waals surface area contributed by atoms with Crippen molar-refractivity contribution in [3.05, 3.63) is 11.6 Å². The van der Waals surface area contributed by atoms with Crippen LogP contribution in [0.3, 0.4) is 0 Å². The Morgan fingerprint density at radius 2 is 1.38 bits per heavy atom. The van der Waals surface area contributed by atoms with E-state index in [0.717, 1.165) is 31.3 Å². The predicted octanol–water partition coefficient (Wildman–Crippen LogP) is 0.341. The second kappa shape index (κ2) is 14.7. The Bertz CT molecular complexity index is 1430. The fourth-order valence-electron chi connectivity index (χ4n) is 13.5. The van der Waals surface area contributed by atoms with Gasteiger partial charge in [0.1, 0.15) is 42.7 Å². The summed E-state index contributed by atoms with van der Waals surface area (Å²) < 4.78 is 23.9. The summed E-state index contributed by atoms with van der Waals surface area (Å²) in [6.45, 7) is 11.5. The van der Waals surface area contributed by atoms with Crippen LogP contribution in [0, 0.1) is 50.7 Å². The van der Waals surface area contributed by atoms with Gasteiger partial charge < -0.3 is 70.0 Å². The molecule has 6 fully saturated rings. The number of aliphatic hydroxyl groups excluding tert-OH is 10. The maximum Gasteiger partial charge on any atom is 0.187 e. The van der Waals surface area contributed by atoms with E-state index >= 15 is 0 Å². The summed E-state index contributed by atoms with van der Waals surface area (Å²) in [4.78, 5) is 0. The van der Waals surface area contributed by atoms with Crippen LogP contribution in [0.25, 0.3) is 0 Å². The maximum absolute atomic E-state index is 12.4. The van der Waals surface area contributed by atoms with E-state index in [-0.39, 0.29) is 47.7 Å². The molecule has 21 atom stereocenters. The first kappa shape index (κ1) is 42.3. The molecule has 0 spiro atoms. The summed E-state index contributed by atoms with van der Waals surface area (Å²) in [6, 6.07) is 0. The zero-order valence-electron chi connectivity index (χ0n) is 33.3. The molecule has 0 bridgehead atoms. The van der Waals surface area contributed by atoms with E-state index in [1.165, 1.54) is 0 Å². The fraction of sp³-hybridized carbons (Fsp3) is 0.951. The van der Waals surface area contributed by atoms with E-state index in [2.05, 4.69) is 33.8 Å². The first-order valence-electron chi connectivity index (χ1n) is 20.7. The topological polar surface area (TPSA) is 239 Å². The number of aliphatic hydroxyl groups is 10. The Kier molecular flexibility index (Phi) is 11.3. The van der Waals surface area contributed by atoms with Gasteiger partial charge in [0.25, 0.3) is 0 Å². The van der Waals surface area contributed by atoms with Crippen molar-refractivity contribution >= 4 is 0 Å². The lowest BCUT2D eigenvalue weighted by atomic mass is 9.35. The molecule has 316 valence electrons. The van der Waals surface area contributed by atoms with Gasteiger partial charge in [-0.25, -0.2) is 0 Å². The third kappa shape index (κ3) is 6.43. The number of hydrogen-bond donors (Lipinski definition) is 10. The number of rotatable bonds is 7. The average Bonchev–Trinajstić information content (AvgIpc) is 3.13. The van der Waals surface area contributed by atoms with Crippen molar-refractivity contribution in [1.29, 1.82) is 0 Å². The highest BCUT2D eigenvalue weighted by Gasteiger charge is 2.70. The highest BCUT2D eigenvalue weighted by atomic mass is 16.7. The Hall–Kier alpha value is -0.820. The molecule has 55 heavy (non-hydrogen) atoms. The minimum absolute atomic E-state index is 0.0517. The summed E-state index contributed by atoms with van der Waals surface area (Å²) in [5.74, 6) is -0.0466. The minimum atomic E-state index is -1.74. The van der Waals surface area contributed by atoms with Crippen molar-refractivity contribution < 1.29 is 70.0 Å². The zero-order chi connectivity index (χ0) is 40.2. The molecule has 2 aliphatic heterocycles. The van der Waals surface area contributed by atoms with Crippen LogP contribution in [-0.2, 0) is 18.9 Å². The first-order valence-corrected chi connectivity index (χ1v) is 20.7. The molecular formula is C41H68O14. The van der Waals surface area contributed by atoms with Gasteiger partial charge in [0.2, 0.25) is 0 Å². The molecule has 14 nitrogen and oxygen atoms in total. The molecule has 4 saturated carbocycles. The SMILES string of the molecule is C[C@H]1O[C@@H](O[C@H]2CC[C@]3(C)C4C(O)CC5C6=CC(C)(C)CC[C@]6(CO)[C@@H](O)CC5[C@]4(C)CCC3[C@]2(C)CO)[C@H](O)[C@@H](O[C@@H]2O[C@H](CO)[C@@H](O)[C@H](O)[C@H]2O)[C@H]1O. The molecule has 14 heteroatoms. The van der Waals surface area contributed by atoms with Gasteiger partial charge >= 0.3 is 0 Å². The Labute approximate surface area is 324 Å². The van der Waals surface area contributed by atoms with Gasteiger partial charge in [-0.2, -0.15) is 0 Å². The van der Waals surface area contributed by atoms with Crippen LogP contribution < -0.4 is 0 Å². The second-order valence-corrected chi connectivity index (χ2v) is 20.1. The molecule has 5 unspecified atom stereocenters. The van der Waals surface area contributed by atoms with Crippen LogP contribution in [0.2, 0.25) is 0 Å². The molecule has 2 heterocycles. The molecule has 0 aromatic heterocycles. The summed E-state index contributed by atoms with van der Waals surface area (Å²) in [5, 5.41) is 110. The Balaban J connectivity index is 1.12. The van der Waals surface area contributed by atoms with Crippen molar-refractivity contribution in [1.82, 2.24) is 0 Å².